The molecule has 0 fully saturated rings. The lowest BCUT2D eigenvalue weighted by atomic mass is 10.0. The fraction of sp³-hybridized carbons (Fsp3) is 0.308. The number of nitrogens with zero attached hydrogens (tertiary/aromatic N) is 1. The second-order valence-corrected chi connectivity index (χ2v) is 6.24. The molecule has 3 rings (SSSR count). The molecule has 2 heterocycles. The number of rotatable bonds is 1. The van der Waals surface area contributed by atoms with Crippen molar-refractivity contribution in [2.75, 3.05) is 17.3 Å². The van der Waals surface area contributed by atoms with Crippen molar-refractivity contribution in [3.8, 4) is 5.75 Å². The number of amides is 1. The van der Waals surface area contributed by atoms with Crippen LogP contribution in [0.2, 0.25) is 0 Å². The molecule has 100 valence electrons. The maximum Gasteiger partial charge on any atom is 0.411 e. The zero-order valence-electron chi connectivity index (χ0n) is 10.2. The summed E-state index contributed by atoms with van der Waals surface area (Å²) in [4.78, 5) is 13.6. The average Bonchev–Trinajstić information content (AvgIpc) is 2.89. The fourth-order valence-corrected chi connectivity index (χ4v) is 4.05. The highest BCUT2D eigenvalue weighted by molar-refractivity contribution is 7.19. The van der Waals surface area contributed by atoms with Gasteiger partial charge in [0.25, 0.3) is 0 Å². The Morgan fingerprint density at radius 3 is 2.95 bits per heavy atom. The number of phenolic OH excluding ortho intramolecular Hbond substituents is 1. The Morgan fingerprint density at radius 2 is 2.32 bits per heavy atom. The van der Waals surface area contributed by atoms with Gasteiger partial charge in [-0.3, -0.25) is 4.90 Å². The predicted molar refractivity (Wildman–Crippen MR) is 77.1 cm³/mol. The molecule has 0 saturated carbocycles. The summed E-state index contributed by atoms with van der Waals surface area (Å²) >= 11 is 7.54. The molecule has 1 amide bonds. The molecule has 0 radical (unpaired) electrons. The van der Waals surface area contributed by atoms with Crippen molar-refractivity contribution in [2.24, 2.45) is 0 Å². The quantitative estimate of drug-likeness (QED) is 0.788. The van der Waals surface area contributed by atoms with E-state index in [1.54, 1.807) is 11.3 Å². The summed E-state index contributed by atoms with van der Waals surface area (Å²) in [7, 11) is 0. The summed E-state index contributed by atoms with van der Waals surface area (Å²) in [5.74, 6) is 0.474. The Labute approximate surface area is 118 Å². The number of hydrogen-bond acceptors (Lipinski definition) is 3. The zero-order valence-corrected chi connectivity index (χ0v) is 11.8. The van der Waals surface area contributed by atoms with E-state index in [0.717, 1.165) is 20.5 Å². The first-order chi connectivity index (χ1) is 9.02. The third-order valence-electron chi connectivity index (χ3n) is 3.44. The van der Waals surface area contributed by atoms with Crippen molar-refractivity contribution in [3.05, 3.63) is 22.6 Å². The van der Waals surface area contributed by atoms with Crippen LogP contribution in [0.1, 0.15) is 16.4 Å². The molecule has 0 saturated heterocycles. The summed E-state index contributed by atoms with van der Waals surface area (Å²) in [5, 5.41) is 20.1. The number of fused-ring (bicyclic) bond motifs is 3. The highest BCUT2D eigenvalue weighted by Crippen LogP contribution is 2.47. The van der Waals surface area contributed by atoms with Crippen LogP contribution in [0.15, 0.2) is 12.1 Å². The molecule has 1 aliphatic rings. The van der Waals surface area contributed by atoms with Crippen molar-refractivity contribution in [3.63, 3.8) is 0 Å². The van der Waals surface area contributed by atoms with Gasteiger partial charge in [-0.2, -0.15) is 0 Å². The van der Waals surface area contributed by atoms with E-state index in [9.17, 15) is 15.0 Å². The molecule has 19 heavy (non-hydrogen) atoms. The van der Waals surface area contributed by atoms with Gasteiger partial charge in [0.2, 0.25) is 0 Å². The Kier molecular flexibility index (Phi) is 2.83. The van der Waals surface area contributed by atoms with E-state index in [-0.39, 0.29) is 11.7 Å². The highest BCUT2D eigenvalue weighted by atomic mass is 35.5. The minimum atomic E-state index is -1.01. The average molecular weight is 298 g/mol. The second-order valence-electron chi connectivity index (χ2n) is 4.67. The number of carbonyl (C=O) groups is 1. The van der Waals surface area contributed by atoms with Crippen LogP contribution in [0, 0.1) is 6.92 Å². The van der Waals surface area contributed by atoms with Gasteiger partial charge in [-0.1, -0.05) is 0 Å². The van der Waals surface area contributed by atoms with E-state index in [1.807, 2.05) is 13.0 Å². The molecule has 6 heteroatoms. The Morgan fingerprint density at radius 1 is 1.58 bits per heavy atom. The number of anilines is 1. The number of aryl methyl sites for hydroxylation is 1. The van der Waals surface area contributed by atoms with E-state index in [2.05, 4.69) is 0 Å². The van der Waals surface area contributed by atoms with E-state index in [0.29, 0.717) is 18.1 Å². The van der Waals surface area contributed by atoms with Gasteiger partial charge in [0.1, 0.15) is 5.75 Å². The maximum atomic E-state index is 11.3. The number of phenols is 1. The molecule has 1 aromatic carbocycles. The molecule has 1 aromatic heterocycles. The largest absolute Gasteiger partial charge is 0.507 e. The first-order valence-corrected chi connectivity index (χ1v) is 7.20. The molecule has 1 atom stereocenters. The molecule has 0 bridgehead atoms. The SMILES string of the molecule is Cc1cc2c(O)cc3c(c2s1)[C@@H](CCl)CN3C(=O)O. The maximum absolute atomic E-state index is 11.3. The number of hydrogen-bond donors (Lipinski definition) is 2. The van der Waals surface area contributed by atoms with E-state index >= 15 is 0 Å². The fourth-order valence-electron chi connectivity index (χ4n) is 2.64. The van der Waals surface area contributed by atoms with E-state index in [1.165, 1.54) is 11.0 Å². The van der Waals surface area contributed by atoms with Crippen LogP contribution in [0.5, 0.6) is 5.75 Å². The van der Waals surface area contributed by atoms with Crippen molar-refractivity contribution >= 4 is 44.8 Å². The van der Waals surface area contributed by atoms with Crippen LogP contribution >= 0.6 is 22.9 Å². The third-order valence-corrected chi connectivity index (χ3v) is 4.90. The normalized spacial score (nSPS) is 18.0. The third kappa shape index (κ3) is 1.76. The minimum absolute atomic E-state index is 0.0195. The molecule has 0 spiro atoms. The van der Waals surface area contributed by atoms with Gasteiger partial charge in [-0.25, -0.2) is 4.79 Å². The smallest absolute Gasteiger partial charge is 0.411 e. The Bertz CT molecular complexity index is 682. The number of alkyl halides is 1. The lowest BCUT2D eigenvalue weighted by molar-refractivity contribution is 0.202. The number of aromatic hydroxyl groups is 1. The zero-order chi connectivity index (χ0) is 13.7. The summed E-state index contributed by atoms with van der Waals surface area (Å²) in [6, 6.07) is 3.45. The van der Waals surface area contributed by atoms with Gasteiger partial charge in [0, 0.05) is 44.9 Å². The van der Waals surface area contributed by atoms with Crippen LogP contribution in [0.4, 0.5) is 10.5 Å². The van der Waals surface area contributed by atoms with E-state index in [4.69, 9.17) is 11.6 Å². The van der Waals surface area contributed by atoms with Crippen molar-refractivity contribution < 1.29 is 15.0 Å². The predicted octanol–water partition coefficient (Wildman–Crippen LogP) is 3.74. The Balaban J connectivity index is 2.34. The van der Waals surface area contributed by atoms with Gasteiger partial charge < -0.3 is 10.2 Å². The Hall–Kier alpha value is -1.46. The molecule has 0 aliphatic carbocycles. The standard InChI is InChI=1S/C13H12ClNO3S/c1-6-2-8-10(16)3-9-11(12(8)19-6)7(4-14)5-15(9)13(17)18/h2-3,7,16H,4-5H2,1H3,(H,17,18)/t7-/m0/s1. The molecule has 4 nitrogen and oxygen atoms in total. The summed E-state index contributed by atoms with van der Waals surface area (Å²) < 4.78 is 0.946. The number of thiophene rings is 1. The lowest BCUT2D eigenvalue weighted by Crippen LogP contribution is -2.28. The number of carboxylic acid groups (broad SMARTS) is 1. The first-order valence-electron chi connectivity index (χ1n) is 5.85. The van der Waals surface area contributed by atoms with Gasteiger partial charge in [-0.05, 0) is 13.0 Å². The van der Waals surface area contributed by atoms with E-state index < -0.39 is 6.09 Å². The summed E-state index contributed by atoms with van der Waals surface area (Å²) in [6.07, 6.45) is -1.01. The van der Waals surface area contributed by atoms with Gasteiger partial charge >= 0.3 is 6.09 Å². The van der Waals surface area contributed by atoms with Crippen LogP contribution in [-0.4, -0.2) is 28.7 Å². The molecule has 0 unspecified atom stereocenters. The summed E-state index contributed by atoms with van der Waals surface area (Å²) in [5.41, 5.74) is 1.51. The van der Waals surface area contributed by atoms with Gasteiger partial charge in [0.15, 0.2) is 0 Å². The van der Waals surface area contributed by atoms with Gasteiger partial charge in [0.05, 0.1) is 5.69 Å². The first kappa shape index (κ1) is 12.6. The van der Waals surface area contributed by atoms with Crippen LogP contribution < -0.4 is 4.90 Å². The monoisotopic (exact) mass is 297 g/mol. The lowest BCUT2D eigenvalue weighted by Gasteiger charge is -2.13. The summed E-state index contributed by atoms with van der Waals surface area (Å²) in [6.45, 7) is 2.32. The molecular formula is C13H12ClNO3S. The molecule has 2 aromatic rings. The van der Waals surface area contributed by atoms with Gasteiger partial charge in [-0.15, -0.1) is 22.9 Å². The number of benzene rings is 1. The highest BCUT2D eigenvalue weighted by Gasteiger charge is 2.35. The van der Waals surface area contributed by atoms with Crippen LogP contribution in [0.25, 0.3) is 10.1 Å². The number of halogens is 1. The van der Waals surface area contributed by atoms with Crippen LogP contribution in [0.3, 0.4) is 0 Å². The van der Waals surface area contributed by atoms with Crippen LogP contribution in [-0.2, 0) is 0 Å². The van der Waals surface area contributed by atoms with Crippen molar-refractivity contribution in [2.45, 2.75) is 12.8 Å². The van der Waals surface area contributed by atoms with Crippen molar-refractivity contribution in [1.82, 2.24) is 0 Å². The molecule has 2 N–H and O–H groups in total. The molecular weight excluding hydrogens is 286 g/mol. The molecule has 1 aliphatic heterocycles. The van der Waals surface area contributed by atoms with Crippen molar-refractivity contribution in [1.29, 1.82) is 0 Å². The second kappa shape index (κ2) is 4.28. The topological polar surface area (TPSA) is 60.8 Å². The minimum Gasteiger partial charge on any atom is -0.507 e.